The van der Waals surface area contributed by atoms with Crippen LogP contribution in [0, 0.1) is 17.6 Å². The molecule has 132 valence electrons. The number of hydrogen-bond donors (Lipinski definition) is 0. The van der Waals surface area contributed by atoms with Gasteiger partial charge in [0, 0.05) is 17.7 Å². The van der Waals surface area contributed by atoms with Crippen molar-refractivity contribution in [3.63, 3.8) is 0 Å². The molecular weight excluding hydrogens is 322 g/mol. The van der Waals surface area contributed by atoms with E-state index in [0.717, 1.165) is 31.5 Å². The SMILES string of the molecule is COc1ncc(F)cc1CN1CCC(/C=C/c2ccccc2F)CC1. The molecule has 5 heteroatoms. The van der Waals surface area contributed by atoms with Crippen LogP contribution in [-0.2, 0) is 6.54 Å². The number of halogens is 2. The average Bonchev–Trinajstić information content (AvgIpc) is 2.62. The van der Waals surface area contributed by atoms with E-state index in [0.29, 0.717) is 23.9 Å². The van der Waals surface area contributed by atoms with E-state index in [1.165, 1.54) is 18.3 Å². The monoisotopic (exact) mass is 344 g/mol. The van der Waals surface area contributed by atoms with Crippen LogP contribution in [-0.4, -0.2) is 30.1 Å². The molecule has 1 aliphatic rings. The molecule has 1 saturated heterocycles. The summed E-state index contributed by atoms with van der Waals surface area (Å²) in [6.45, 7) is 2.44. The minimum absolute atomic E-state index is 0.193. The summed E-state index contributed by atoms with van der Waals surface area (Å²) < 4.78 is 32.3. The molecule has 1 aliphatic heterocycles. The quantitative estimate of drug-likeness (QED) is 0.809. The molecule has 0 N–H and O–H groups in total. The summed E-state index contributed by atoms with van der Waals surface area (Å²) in [4.78, 5) is 6.25. The Kier molecular flexibility index (Phi) is 5.76. The van der Waals surface area contributed by atoms with Gasteiger partial charge in [-0.05, 0) is 44.0 Å². The fourth-order valence-electron chi connectivity index (χ4n) is 3.16. The van der Waals surface area contributed by atoms with Crippen molar-refractivity contribution in [2.75, 3.05) is 20.2 Å². The Morgan fingerprint density at radius 3 is 2.72 bits per heavy atom. The highest BCUT2D eigenvalue weighted by Gasteiger charge is 2.19. The molecule has 3 nitrogen and oxygen atoms in total. The predicted octanol–water partition coefficient (Wildman–Crippen LogP) is 4.29. The molecule has 0 amide bonds. The minimum atomic E-state index is -0.349. The van der Waals surface area contributed by atoms with Crippen molar-refractivity contribution in [3.8, 4) is 5.88 Å². The van der Waals surface area contributed by atoms with Gasteiger partial charge in [0.1, 0.15) is 11.6 Å². The molecule has 1 fully saturated rings. The minimum Gasteiger partial charge on any atom is -0.481 e. The molecule has 0 atom stereocenters. The van der Waals surface area contributed by atoms with E-state index in [2.05, 4.69) is 16.0 Å². The molecule has 0 unspecified atom stereocenters. The highest BCUT2D eigenvalue weighted by Crippen LogP contribution is 2.24. The number of allylic oxidation sites excluding steroid dienone is 1. The first-order valence-electron chi connectivity index (χ1n) is 8.49. The maximum Gasteiger partial charge on any atom is 0.217 e. The normalized spacial score (nSPS) is 16.4. The van der Waals surface area contributed by atoms with Crippen LogP contribution in [0.4, 0.5) is 8.78 Å². The molecule has 0 aliphatic carbocycles. The zero-order chi connectivity index (χ0) is 17.6. The summed E-state index contributed by atoms with van der Waals surface area (Å²) in [5.74, 6) is 0.367. The van der Waals surface area contributed by atoms with Crippen LogP contribution in [0.1, 0.15) is 24.0 Å². The van der Waals surface area contributed by atoms with Crippen LogP contribution in [0.25, 0.3) is 6.08 Å². The second-order valence-corrected chi connectivity index (χ2v) is 6.32. The lowest BCUT2D eigenvalue weighted by molar-refractivity contribution is 0.193. The summed E-state index contributed by atoms with van der Waals surface area (Å²) in [6.07, 6.45) is 7.13. The van der Waals surface area contributed by atoms with E-state index in [1.807, 2.05) is 12.1 Å². The molecule has 0 spiro atoms. The summed E-state index contributed by atoms with van der Waals surface area (Å²) in [5.41, 5.74) is 1.39. The first kappa shape index (κ1) is 17.5. The van der Waals surface area contributed by atoms with Gasteiger partial charge in [-0.25, -0.2) is 13.8 Å². The van der Waals surface area contributed by atoms with Crippen molar-refractivity contribution in [3.05, 3.63) is 65.4 Å². The average molecular weight is 344 g/mol. The Labute approximate surface area is 147 Å². The fourth-order valence-corrected chi connectivity index (χ4v) is 3.16. The van der Waals surface area contributed by atoms with Crippen molar-refractivity contribution >= 4 is 6.08 Å². The molecule has 25 heavy (non-hydrogen) atoms. The molecule has 2 aromatic rings. The largest absolute Gasteiger partial charge is 0.481 e. The third kappa shape index (κ3) is 4.63. The van der Waals surface area contributed by atoms with Crippen molar-refractivity contribution in [1.82, 2.24) is 9.88 Å². The van der Waals surface area contributed by atoms with Crippen LogP contribution in [0.3, 0.4) is 0 Å². The number of pyridine rings is 1. The summed E-state index contributed by atoms with van der Waals surface area (Å²) in [5, 5.41) is 0. The summed E-state index contributed by atoms with van der Waals surface area (Å²) in [6, 6.07) is 8.27. The number of rotatable bonds is 5. The molecule has 0 radical (unpaired) electrons. The lowest BCUT2D eigenvalue weighted by atomic mass is 9.95. The maximum absolute atomic E-state index is 13.6. The Morgan fingerprint density at radius 2 is 2.00 bits per heavy atom. The predicted molar refractivity (Wildman–Crippen MR) is 94.2 cm³/mol. The van der Waals surface area contributed by atoms with Crippen LogP contribution in [0.5, 0.6) is 5.88 Å². The van der Waals surface area contributed by atoms with Crippen molar-refractivity contribution in [1.29, 1.82) is 0 Å². The zero-order valence-electron chi connectivity index (χ0n) is 14.3. The van der Waals surface area contributed by atoms with E-state index < -0.39 is 0 Å². The number of aromatic nitrogens is 1. The molecule has 1 aromatic heterocycles. The van der Waals surface area contributed by atoms with E-state index in [-0.39, 0.29) is 11.6 Å². The number of hydrogen-bond acceptors (Lipinski definition) is 3. The second kappa shape index (κ2) is 8.21. The van der Waals surface area contributed by atoms with Gasteiger partial charge >= 0.3 is 0 Å². The molecule has 0 bridgehead atoms. The Balaban J connectivity index is 1.56. The third-order valence-corrected chi connectivity index (χ3v) is 4.56. The standard InChI is InChI=1S/C20H22F2N2O/c1-25-20-17(12-18(21)13-23-20)14-24-10-8-15(9-11-24)6-7-16-4-2-3-5-19(16)22/h2-7,12-13,15H,8-11,14H2,1H3/b7-6+. The Hall–Kier alpha value is -2.27. The van der Waals surface area contributed by atoms with Gasteiger partial charge in [0.25, 0.3) is 0 Å². The van der Waals surface area contributed by atoms with Gasteiger partial charge in [0.2, 0.25) is 5.88 Å². The van der Waals surface area contributed by atoms with Gasteiger partial charge in [-0.2, -0.15) is 0 Å². The van der Waals surface area contributed by atoms with Crippen molar-refractivity contribution in [2.24, 2.45) is 5.92 Å². The smallest absolute Gasteiger partial charge is 0.217 e. The number of methoxy groups -OCH3 is 1. The van der Waals surface area contributed by atoms with Crippen molar-refractivity contribution in [2.45, 2.75) is 19.4 Å². The molecule has 3 rings (SSSR count). The summed E-state index contributed by atoms with van der Waals surface area (Å²) >= 11 is 0. The zero-order valence-corrected chi connectivity index (χ0v) is 14.3. The van der Waals surface area contributed by atoms with Gasteiger partial charge in [0.15, 0.2) is 0 Å². The van der Waals surface area contributed by atoms with Gasteiger partial charge in [-0.1, -0.05) is 30.4 Å². The summed E-state index contributed by atoms with van der Waals surface area (Å²) in [7, 11) is 1.55. The number of piperidine rings is 1. The second-order valence-electron chi connectivity index (χ2n) is 6.32. The van der Waals surface area contributed by atoms with Gasteiger partial charge in [-0.15, -0.1) is 0 Å². The fraction of sp³-hybridized carbons (Fsp3) is 0.350. The van der Waals surface area contributed by atoms with Gasteiger partial charge < -0.3 is 4.74 Å². The van der Waals surface area contributed by atoms with E-state index in [1.54, 1.807) is 19.2 Å². The van der Waals surface area contributed by atoms with Crippen LogP contribution in [0.2, 0.25) is 0 Å². The number of benzene rings is 1. The molecule has 0 saturated carbocycles. The number of ether oxygens (including phenoxy) is 1. The van der Waals surface area contributed by atoms with Gasteiger partial charge in [-0.3, -0.25) is 4.90 Å². The van der Waals surface area contributed by atoms with Crippen LogP contribution < -0.4 is 4.74 Å². The van der Waals surface area contributed by atoms with E-state index >= 15 is 0 Å². The van der Waals surface area contributed by atoms with E-state index in [9.17, 15) is 8.78 Å². The molecule has 1 aromatic carbocycles. The maximum atomic E-state index is 13.6. The van der Waals surface area contributed by atoms with Crippen LogP contribution >= 0.6 is 0 Å². The lowest BCUT2D eigenvalue weighted by Crippen LogP contribution is -2.32. The lowest BCUT2D eigenvalue weighted by Gasteiger charge is -2.30. The van der Waals surface area contributed by atoms with Crippen LogP contribution in [0.15, 0.2) is 42.6 Å². The Morgan fingerprint density at radius 1 is 1.24 bits per heavy atom. The Bertz CT molecular complexity index is 740. The molecular formula is C20H22F2N2O. The van der Waals surface area contributed by atoms with Gasteiger partial charge in [0.05, 0.1) is 13.3 Å². The third-order valence-electron chi connectivity index (χ3n) is 4.56. The first-order chi connectivity index (χ1) is 12.2. The number of likely N-dealkylation sites (tertiary alicyclic amines) is 1. The topological polar surface area (TPSA) is 25.4 Å². The first-order valence-corrected chi connectivity index (χ1v) is 8.49. The van der Waals surface area contributed by atoms with E-state index in [4.69, 9.17) is 4.74 Å². The highest BCUT2D eigenvalue weighted by atomic mass is 19.1. The molecule has 2 heterocycles. The van der Waals surface area contributed by atoms with Crippen molar-refractivity contribution < 1.29 is 13.5 Å². The highest BCUT2D eigenvalue weighted by molar-refractivity contribution is 5.50. The number of nitrogens with zero attached hydrogens (tertiary/aromatic N) is 2.